The fourth-order valence-corrected chi connectivity index (χ4v) is 4.52. The number of ether oxygens (including phenoxy) is 1. The van der Waals surface area contributed by atoms with Crippen LogP contribution in [0.2, 0.25) is 0 Å². The van der Waals surface area contributed by atoms with Crippen LogP contribution in [0.5, 0.6) is 0 Å². The van der Waals surface area contributed by atoms with Crippen molar-refractivity contribution in [3.63, 3.8) is 0 Å². The Morgan fingerprint density at radius 2 is 2.14 bits per heavy atom. The van der Waals surface area contributed by atoms with Gasteiger partial charge in [0.15, 0.2) is 0 Å². The van der Waals surface area contributed by atoms with Crippen LogP contribution in [0.3, 0.4) is 0 Å². The van der Waals surface area contributed by atoms with Crippen molar-refractivity contribution in [2.45, 2.75) is 47.0 Å². The maximum Gasteiger partial charge on any atom is 0.312 e. The van der Waals surface area contributed by atoms with E-state index in [1.807, 2.05) is 26.8 Å². The molecule has 0 radical (unpaired) electrons. The number of aliphatic hydroxyl groups excluding tert-OH is 1. The van der Waals surface area contributed by atoms with Gasteiger partial charge in [0.25, 0.3) is 0 Å². The lowest BCUT2D eigenvalue weighted by Crippen LogP contribution is -2.53. The topological polar surface area (TPSA) is 63.6 Å². The first-order valence-corrected chi connectivity index (χ1v) is 8.38. The molecule has 22 heavy (non-hydrogen) atoms. The van der Waals surface area contributed by atoms with E-state index in [0.29, 0.717) is 13.0 Å². The highest BCUT2D eigenvalue weighted by Gasteiger charge is 2.56. The largest absolute Gasteiger partial charge is 0.466 e. The Labute approximate surface area is 132 Å². The number of rotatable bonds is 4. The second-order valence-electron chi connectivity index (χ2n) is 6.99. The summed E-state index contributed by atoms with van der Waals surface area (Å²) in [5.41, 5.74) is 0.311. The number of ketones is 1. The molecular formula is C18H28O4. The van der Waals surface area contributed by atoms with Gasteiger partial charge in [-0.05, 0) is 51.9 Å². The molecule has 124 valence electrons. The van der Waals surface area contributed by atoms with Gasteiger partial charge in [-0.2, -0.15) is 0 Å². The van der Waals surface area contributed by atoms with Crippen molar-refractivity contribution in [3.8, 4) is 0 Å². The van der Waals surface area contributed by atoms with Gasteiger partial charge in [0.2, 0.25) is 0 Å². The second-order valence-corrected chi connectivity index (χ2v) is 6.99. The Hall–Kier alpha value is -1.16. The number of hydrogen-bond acceptors (Lipinski definition) is 4. The first-order valence-electron chi connectivity index (χ1n) is 8.38. The van der Waals surface area contributed by atoms with E-state index in [1.165, 1.54) is 0 Å². The van der Waals surface area contributed by atoms with Crippen molar-refractivity contribution in [1.29, 1.82) is 0 Å². The fourth-order valence-electron chi connectivity index (χ4n) is 4.52. The minimum absolute atomic E-state index is 0.0181. The molecule has 0 unspecified atom stereocenters. The molecule has 0 aromatic rings. The molecule has 1 saturated carbocycles. The lowest BCUT2D eigenvalue weighted by molar-refractivity contribution is -0.166. The number of aliphatic hydroxyl groups is 1. The summed E-state index contributed by atoms with van der Waals surface area (Å²) in [4.78, 5) is 25.3. The van der Waals surface area contributed by atoms with E-state index in [4.69, 9.17) is 4.74 Å². The Balaban J connectivity index is 2.48. The maximum atomic E-state index is 12.8. The summed E-state index contributed by atoms with van der Waals surface area (Å²) in [7, 11) is 0. The van der Waals surface area contributed by atoms with E-state index in [-0.39, 0.29) is 42.0 Å². The fraction of sp³-hybridized carbons (Fsp3) is 0.778. The summed E-state index contributed by atoms with van der Waals surface area (Å²) in [6, 6.07) is 0. The predicted octanol–water partition coefficient (Wildman–Crippen LogP) is 2.75. The Bertz CT molecular complexity index is 481. The van der Waals surface area contributed by atoms with Crippen molar-refractivity contribution < 1.29 is 19.4 Å². The molecule has 0 aromatic carbocycles. The van der Waals surface area contributed by atoms with Crippen molar-refractivity contribution >= 4 is 11.8 Å². The number of hydrogen-bond donors (Lipinski definition) is 1. The first-order chi connectivity index (χ1) is 10.4. The molecule has 2 aliphatic rings. The zero-order valence-electron chi connectivity index (χ0n) is 14.1. The van der Waals surface area contributed by atoms with Crippen LogP contribution in [0.15, 0.2) is 11.6 Å². The minimum atomic E-state index is -0.724. The van der Waals surface area contributed by atoms with Gasteiger partial charge in [0.05, 0.1) is 12.0 Å². The highest BCUT2D eigenvalue weighted by Crippen LogP contribution is 2.54. The van der Waals surface area contributed by atoms with E-state index in [9.17, 15) is 14.7 Å². The van der Waals surface area contributed by atoms with Crippen LogP contribution < -0.4 is 0 Å². The van der Waals surface area contributed by atoms with Gasteiger partial charge < -0.3 is 9.84 Å². The second kappa shape index (κ2) is 6.53. The molecule has 2 aliphatic carbocycles. The standard InChI is InChI=1S/C18H28O4/c1-5-22-17(21)18(4)14(8-9-19)12(3)10-13-15(18)7-6-11(2)16(13)20/h10-11,13-15,19H,5-9H2,1-4H3/t11-,13+,14-,15-,18-/m0/s1. The van der Waals surface area contributed by atoms with Crippen LogP contribution in [0.25, 0.3) is 0 Å². The van der Waals surface area contributed by atoms with E-state index < -0.39 is 5.41 Å². The molecule has 4 heteroatoms. The number of carbonyl (C=O) groups excluding carboxylic acids is 2. The van der Waals surface area contributed by atoms with Crippen LogP contribution >= 0.6 is 0 Å². The van der Waals surface area contributed by atoms with Gasteiger partial charge in [0, 0.05) is 18.4 Å². The van der Waals surface area contributed by atoms with E-state index in [2.05, 4.69) is 0 Å². The average molecular weight is 308 g/mol. The zero-order chi connectivity index (χ0) is 16.5. The van der Waals surface area contributed by atoms with Gasteiger partial charge >= 0.3 is 5.97 Å². The third kappa shape index (κ3) is 2.62. The minimum Gasteiger partial charge on any atom is -0.466 e. The molecule has 0 aliphatic heterocycles. The Morgan fingerprint density at radius 3 is 2.73 bits per heavy atom. The Morgan fingerprint density at radius 1 is 1.45 bits per heavy atom. The SMILES string of the molecule is CCOC(=O)[C@@]1(C)[C@@H](CCO)C(C)=C[C@H]2C(=O)[C@@H](C)CC[C@@H]21. The highest BCUT2D eigenvalue weighted by atomic mass is 16.5. The third-order valence-corrected chi connectivity index (χ3v) is 5.78. The van der Waals surface area contributed by atoms with E-state index in [0.717, 1.165) is 18.4 Å². The number of fused-ring (bicyclic) bond motifs is 1. The molecule has 0 aromatic heterocycles. The van der Waals surface area contributed by atoms with Crippen LogP contribution in [0.1, 0.15) is 47.0 Å². The quantitative estimate of drug-likeness (QED) is 0.641. The number of esters is 1. The van der Waals surface area contributed by atoms with Crippen molar-refractivity contribution in [2.24, 2.45) is 29.1 Å². The predicted molar refractivity (Wildman–Crippen MR) is 84.1 cm³/mol. The average Bonchev–Trinajstić information content (AvgIpc) is 2.48. The summed E-state index contributed by atoms with van der Waals surface area (Å²) >= 11 is 0. The lowest BCUT2D eigenvalue weighted by Gasteiger charge is -2.50. The molecule has 0 amide bonds. The van der Waals surface area contributed by atoms with Gasteiger partial charge in [-0.1, -0.05) is 18.6 Å². The van der Waals surface area contributed by atoms with Gasteiger partial charge in [0.1, 0.15) is 5.78 Å². The van der Waals surface area contributed by atoms with Gasteiger partial charge in [-0.15, -0.1) is 0 Å². The molecular weight excluding hydrogens is 280 g/mol. The molecule has 2 rings (SSSR count). The summed E-state index contributed by atoms with van der Waals surface area (Å²) in [5, 5.41) is 9.42. The number of Topliss-reactive ketones (excluding diaryl/α,β-unsaturated/α-hetero) is 1. The third-order valence-electron chi connectivity index (χ3n) is 5.78. The van der Waals surface area contributed by atoms with Crippen molar-refractivity contribution in [2.75, 3.05) is 13.2 Å². The smallest absolute Gasteiger partial charge is 0.312 e. The number of carbonyl (C=O) groups is 2. The molecule has 0 saturated heterocycles. The summed E-state index contributed by atoms with van der Waals surface area (Å²) in [5.74, 6) is -0.180. The Kier molecular flexibility index (Phi) is 5.10. The van der Waals surface area contributed by atoms with Crippen molar-refractivity contribution in [1.82, 2.24) is 0 Å². The molecule has 0 spiro atoms. The van der Waals surface area contributed by atoms with Crippen LogP contribution in [0, 0.1) is 29.1 Å². The molecule has 1 fully saturated rings. The summed E-state index contributed by atoms with van der Waals surface area (Å²) in [6.07, 6.45) is 4.26. The lowest BCUT2D eigenvalue weighted by atomic mass is 9.52. The molecule has 0 heterocycles. The normalized spacial score (nSPS) is 38.2. The maximum absolute atomic E-state index is 12.8. The zero-order valence-corrected chi connectivity index (χ0v) is 14.1. The van der Waals surface area contributed by atoms with E-state index in [1.54, 1.807) is 6.92 Å². The van der Waals surface area contributed by atoms with Gasteiger partial charge in [-0.3, -0.25) is 9.59 Å². The molecule has 0 bridgehead atoms. The molecule has 5 atom stereocenters. The van der Waals surface area contributed by atoms with Crippen LogP contribution in [-0.2, 0) is 14.3 Å². The number of allylic oxidation sites excluding steroid dienone is 2. The van der Waals surface area contributed by atoms with Crippen LogP contribution in [0.4, 0.5) is 0 Å². The summed E-state index contributed by atoms with van der Waals surface area (Å²) < 4.78 is 5.36. The molecule has 4 nitrogen and oxygen atoms in total. The first kappa shape index (κ1) is 17.2. The highest BCUT2D eigenvalue weighted by molar-refractivity contribution is 5.88. The monoisotopic (exact) mass is 308 g/mol. The molecule has 1 N–H and O–H groups in total. The van der Waals surface area contributed by atoms with E-state index >= 15 is 0 Å². The summed E-state index contributed by atoms with van der Waals surface area (Å²) in [6.45, 7) is 8.06. The van der Waals surface area contributed by atoms with Crippen LogP contribution in [-0.4, -0.2) is 30.1 Å². The van der Waals surface area contributed by atoms with Gasteiger partial charge in [-0.25, -0.2) is 0 Å². The van der Waals surface area contributed by atoms with Crippen molar-refractivity contribution in [3.05, 3.63) is 11.6 Å².